The summed E-state index contributed by atoms with van der Waals surface area (Å²) < 4.78 is 0. The maximum absolute atomic E-state index is 2.64. The Morgan fingerprint density at radius 3 is 1.41 bits per heavy atom. The van der Waals surface area contributed by atoms with Crippen molar-refractivity contribution >= 4 is 0 Å². The highest BCUT2D eigenvalue weighted by atomic mass is 15.3. The third-order valence-electron chi connectivity index (χ3n) is 6.42. The van der Waals surface area contributed by atoms with Gasteiger partial charge in [-0.25, -0.2) is 0 Å². The van der Waals surface area contributed by atoms with Crippen molar-refractivity contribution in [2.75, 3.05) is 39.3 Å². The van der Waals surface area contributed by atoms with Gasteiger partial charge in [-0.1, -0.05) is 6.92 Å². The Balaban J connectivity index is 1.38. The molecule has 128 valence electrons. The van der Waals surface area contributed by atoms with Gasteiger partial charge in [-0.3, -0.25) is 14.7 Å². The summed E-state index contributed by atoms with van der Waals surface area (Å²) in [5.74, 6) is 0. The minimum atomic E-state index is 0.570. The molecule has 3 nitrogen and oxygen atoms in total. The van der Waals surface area contributed by atoms with Crippen molar-refractivity contribution in [3.8, 4) is 0 Å². The van der Waals surface area contributed by atoms with Crippen LogP contribution in [0, 0.1) is 5.41 Å². The molecule has 3 saturated heterocycles. The Bertz CT molecular complexity index is 348. The number of hydrogen-bond donors (Lipinski definition) is 0. The van der Waals surface area contributed by atoms with Gasteiger partial charge in [-0.15, -0.1) is 0 Å². The molecule has 0 radical (unpaired) electrons. The van der Waals surface area contributed by atoms with Crippen LogP contribution in [0.1, 0.15) is 59.8 Å². The van der Waals surface area contributed by atoms with Crippen molar-refractivity contribution < 1.29 is 0 Å². The molecular formula is C19H37N3. The fourth-order valence-corrected chi connectivity index (χ4v) is 4.02. The van der Waals surface area contributed by atoms with E-state index in [0.717, 1.165) is 18.1 Å². The van der Waals surface area contributed by atoms with Gasteiger partial charge in [-0.2, -0.15) is 0 Å². The SMILES string of the molecule is CC1CN1CCCC(C)(CCCN1CC1C)CCN1CC1C. The summed E-state index contributed by atoms with van der Waals surface area (Å²) in [7, 11) is 0. The molecule has 3 aliphatic rings. The molecule has 0 bridgehead atoms. The second kappa shape index (κ2) is 6.78. The zero-order valence-corrected chi connectivity index (χ0v) is 15.4. The number of nitrogens with zero attached hydrogens (tertiary/aromatic N) is 3. The van der Waals surface area contributed by atoms with Crippen LogP contribution in [0.4, 0.5) is 0 Å². The molecule has 0 aromatic heterocycles. The highest BCUT2D eigenvalue weighted by Gasteiger charge is 2.34. The van der Waals surface area contributed by atoms with Crippen LogP contribution in [0.3, 0.4) is 0 Å². The van der Waals surface area contributed by atoms with E-state index in [4.69, 9.17) is 0 Å². The summed E-state index contributed by atoms with van der Waals surface area (Å²) in [5, 5.41) is 0. The molecule has 0 aliphatic carbocycles. The lowest BCUT2D eigenvalue weighted by Gasteiger charge is -2.30. The van der Waals surface area contributed by atoms with E-state index in [2.05, 4.69) is 42.4 Å². The molecule has 0 aromatic carbocycles. The average molecular weight is 308 g/mol. The van der Waals surface area contributed by atoms with Gasteiger partial charge in [0.05, 0.1) is 0 Å². The van der Waals surface area contributed by atoms with Crippen LogP contribution in [0.25, 0.3) is 0 Å². The maximum atomic E-state index is 2.64. The van der Waals surface area contributed by atoms with Crippen LogP contribution in [0.5, 0.6) is 0 Å². The van der Waals surface area contributed by atoms with E-state index >= 15 is 0 Å². The van der Waals surface area contributed by atoms with E-state index in [0.29, 0.717) is 5.41 Å². The normalized spacial score (nSPS) is 42.0. The zero-order chi connectivity index (χ0) is 15.7. The lowest BCUT2D eigenvalue weighted by Crippen LogP contribution is -2.23. The first kappa shape index (κ1) is 16.7. The monoisotopic (exact) mass is 307 g/mol. The van der Waals surface area contributed by atoms with Gasteiger partial charge in [-0.05, 0) is 77.9 Å². The fourth-order valence-electron chi connectivity index (χ4n) is 4.02. The minimum absolute atomic E-state index is 0.570. The summed E-state index contributed by atoms with van der Waals surface area (Å²) in [6.45, 7) is 17.7. The quantitative estimate of drug-likeness (QED) is 0.543. The predicted octanol–water partition coefficient (Wildman–Crippen LogP) is 3.06. The Hall–Kier alpha value is -0.120. The van der Waals surface area contributed by atoms with Crippen molar-refractivity contribution in [3.05, 3.63) is 0 Å². The van der Waals surface area contributed by atoms with Crippen molar-refractivity contribution in [3.63, 3.8) is 0 Å². The molecule has 3 heterocycles. The zero-order valence-electron chi connectivity index (χ0n) is 15.4. The molecular weight excluding hydrogens is 270 g/mol. The molecule has 3 aliphatic heterocycles. The van der Waals surface area contributed by atoms with E-state index in [1.165, 1.54) is 71.4 Å². The molecule has 6 unspecified atom stereocenters. The molecule has 0 spiro atoms. The first-order valence-electron chi connectivity index (χ1n) is 9.69. The standard InChI is InChI=1S/C19H37N3/c1-16-13-20(16)10-5-7-19(4,9-12-22-15-18(22)3)8-6-11-21-14-17(21)2/h16-18H,5-15H2,1-4H3. The van der Waals surface area contributed by atoms with E-state index in [9.17, 15) is 0 Å². The van der Waals surface area contributed by atoms with Crippen molar-refractivity contribution in [1.29, 1.82) is 0 Å². The fraction of sp³-hybridized carbons (Fsp3) is 1.00. The van der Waals surface area contributed by atoms with Gasteiger partial charge in [0, 0.05) is 37.8 Å². The third-order valence-corrected chi connectivity index (χ3v) is 6.42. The second-order valence-electron chi connectivity index (χ2n) is 8.80. The lowest BCUT2D eigenvalue weighted by molar-refractivity contribution is 0.210. The maximum Gasteiger partial charge on any atom is 0.0195 e. The van der Waals surface area contributed by atoms with Crippen molar-refractivity contribution in [2.24, 2.45) is 5.41 Å². The van der Waals surface area contributed by atoms with Crippen molar-refractivity contribution in [1.82, 2.24) is 14.7 Å². The van der Waals surface area contributed by atoms with E-state index in [-0.39, 0.29) is 0 Å². The molecule has 0 N–H and O–H groups in total. The van der Waals surface area contributed by atoms with Crippen LogP contribution < -0.4 is 0 Å². The van der Waals surface area contributed by atoms with Gasteiger partial charge in [0.15, 0.2) is 0 Å². The Morgan fingerprint density at radius 1 is 0.682 bits per heavy atom. The molecule has 6 atom stereocenters. The summed E-state index contributed by atoms with van der Waals surface area (Å²) >= 11 is 0. The summed E-state index contributed by atoms with van der Waals surface area (Å²) in [6.07, 6.45) is 7.05. The highest BCUT2D eigenvalue weighted by Crippen LogP contribution is 2.36. The minimum Gasteiger partial charge on any atom is -0.298 e. The van der Waals surface area contributed by atoms with Crippen LogP contribution >= 0.6 is 0 Å². The summed E-state index contributed by atoms with van der Waals surface area (Å²) in [4.78, 5) is 7.87. The molecule has 3 rings (SSSR count). The third kappa shape index (κ3) is 4.94. The smallest absolute Gasteiger partial charge is 0.0195 e. The Labute approximate surface area is 138 Å². The molecule has 3 fully saturated rings. The molecule has 0 amide bonds. The van der Waals surface area contributed by atoms with Gasteiger partial charge >= 0.3 is 0 Å². The first-order chi connectivity index (χ1) is 10.5. The topological polar surface area (TPSA) is 9.03 Å². The van der Waals surface area contributed by atoms with Crippen LogP contribution in [0.2, 0.25) is 0 Å². The van der Waals surface area contributed by atoms with Crippen LogP contribution in [-0.2, 0) is 0 Å². The van der Waals surface area contributed by atoms with Crippen LogP contribution in [0.15, 0.2) is 0 Å². The number of rotatable bonds is 11. The Morgan fingerprint density at radius 2 is 1.05 bits per heavy atom. The van der Waals surface area contributed by atoms with Gasteiger partial charge in [0.25, 0.3) is 0 Å². The second-order valence-corrected chi connectivity index (χ2v) is 8.80. The molecule has 22 heavy (non-hydrogen) atoms. The molecule has 0 aromatic rings. The highest BCUT2D eigenvalue weighted by molar-refractivity contribution is 4.89. The van der Waals surface area contributed by atoms with Gasteiger partial charge < -0.3 is 0 Å². The molecule has 0 saturated carbocycles. The summed E-state index contributed by atoms with van der Waals surface area (Å²) in [5.41, 5.74) is 0.570. The first-order valence-corrected chi connectivity index (χ1v) is 9.69. The number of hydrogen-bond acceptors (Lipinski definition) is 3. The van der Waals surface area contributed by atoms with Crippen molar-refractivity contribution in [2.45, 2.75) is 77.9 Å². The average Bonchev–Trinajstić information content (AvgIpc) is 3.38. The predicted molar refractivity (Wildman–Crippen MR) is 94.3 cm³/mol. The molecule has 3 heteroatoms. The van der Waals surface area contributed by atoms with Gasteiger partial charge in [0.2, 0.25) is 0 Å². The van der Waals surface area contributed by atoms with Crippen LogP contribution in [-0.4, -0.2) is 72.1 Å². The largest absolute Gasteiger partial charge is 0.298 e. The van der Waals surface area contributed by atoms with E-state index in [1.54, 1.807) is 0 Å². The summed E-state index contributed by atoms with van der Waals surface area (Å²) in [6, 6.07) is 2.60. The lowest BCUT2D eigenvalue weighted by atomic mass is 9.78. The van der Waals surface area contributed by atoms with E-state index < -0.39 is 0 Å². The Kier molecular flexibility index (Phi) is 5.16. The van der Waals surface area contributed by atoms with E-state index in [1.807, 2.05) is 0 Å². The van der Waals surface area contributed by atoms with Gasteiger partial charge in [0.1, 0.15) is 0 Å².